The van der Waals surface area contributed by atoms with E-state index in [2.05, 4.69) is 10.1 Å². The van der Waals surface area contributed by atoms with E-state index >= 15 is 0 Å². The number of furan rings is 1. The van der Waals surface area contributed by atoms with Gasteiger partial charge in [0, 0.05) is 19.0 Å². The molecule has 0 saturated carbocycles. The topological polar surface area (TPSA) is 72.4 Å². The third-order valence-corrected chi connectivity index (χ3v) is 4.60. The number of carbonyl (C=O) groups is 1. The van der Waals surface area contributed by atoms with Crippen molar-refractivity contribution < 1.29 is 13.7 Å². The second-order valence-corrected chi connectivity index (χ2v) is 6.10. The van der Waals surface area contributed by atoms with E-state index in [1.54, 1.807) is 28.4 Å². The summed E-state index contributed by atoms with van der Waals surface area (Å²) in [6.07, 6.45) is 2.34. The Balaban J connectivity index is 1.48. The van der Waals surface area contributed by atoms with Crippen LogP contribution >= 0.6 is 11.3 Å². The Bertz CT molecular complexity index is 764. The smallest absolute Gasteiger partial charge is 0.289 e. The van der Waals surface area contributed by atoms with Gasteiger partial charge in [-0.2, -0.15) is 4.98 Å². The summed E-state index contributed by atoms with van der Waals surface area (Å²) in [5.41, 5.74) is 0. The van der Waals surface area contributed by atoms with Crippen LogP contribution < -0.4 is 0 Å². The zero-order chi connectivity index (χ0) is 14.9. The molecule has 3 aromatic heterocycles. The van der Waals surface area contributed by atoms with Crippen molar-refractivity contribution in [3.8, 4) is 10.8 Å². The quantitative estimate of drug-likeness (QED) is 0.743. The minimum Gasteiger partial charge on any atom is -0.459 e. The van der Waals surface area contributed by atoms with Crippen LogP contribution in [0.4, 0.5) is 0 Å². The van der Waals surface area contributed by atoms with E-state index in [1.165, 1.54) is 6.26 Å². The maximum atomic E-state index is 12.2. The molecule has 1 amide bonds. The second kappa shape index (κ2) is 5.42. The number of hydrogen-bond donors (Lipinski definition) is 0. The SMILES string of the molecule is O=C(c1ccco1)N1CCC(c2noc(-c3cccs3)n2)C1. The van der Waals surface area contributed by atoms with Crippen LogP contribution in [0.3, 0.4) is 0 Å². The lowest BCUT2D eigenvalue weighted by Crippen LogP contribution is -2.28. The van der Waals surface area contributed by atoms with Gasteiger partial charge in [0.2, 0.25) is 0 Å². The average molecular weight is 315 g/mol. The number of likely N-dealkylation sites (tertiary alicyclic amines) is 1. The van der Waals surface area contributed by atoms with Crippen LogP contribution in [0.2, 0.25) is 0 Å². The summed E-state index contributed by atoms with van der Waals surface area (Å²) < 4.78 is 10.5. The van der Waals surface area contributed by atoms with Crippen molar-refractivity contribution >= 4 is 17.2 Å². The Morgan fingerprint density at radius 1 is 1.36 bits per heavy atom. The number of carbonyl (C=O) groups excluding carboxylic acids is 1. The van der Waals surface area contributed by atoms with Crippen molar-refractivity contribution in [2.75, 3.05) is 13.1 Å². The molecule has 22 heavy (non-hydrogen) atoms. The summed E-state index contributed by atoms with van der Waals surface area (Å²) in [7, 11) is 0. The van der Waals surface area contributed by atoms with Gasteiger partial charge in [0.1, 0.15) is 0 Å². The summed E-state index contributed by atoms with van der Waals surface area (Å²) in [6, 6.07) is 7.29. The van der Waals surface area contributed by atoms with E-state index in [1.807, 2.05) is 17.5 Å². The summed E-state index contributed by atoms with van der Waals surface area (Å²) in [6.45, 7) is 1.26. The normalized spacial score (nSPS) is 18.0. The molecule has 0 radical (unpaired) electrons. The van der Waals surface area contributed by atoms with Crippen molar-refractivity contribution in [2.24, 2.45) is 0 Å². The van der Waals surface area contributed by atoms with Gasteiger partial charge in [-0.15, -0.1) is 11.3 Å². The van der Waals surface area contributed by atoms with Crippen molar-refractivity contribution in [2.45, 2.75) is 12.3 Å². The van der Waals surface area contributed by atoms with Gasteiger partial charge in [-0.05, 0) is 30.0 Å². The molecular weight excluding hydrogens is 302 g/mol. The predicted molar refractivity (Wildman–Crippen MR) is 79.6 cm³/mol. The molecule has 112 valence electrons. The highest BCUT2D eigenvalue weighted by Gasteiger charge is 2.32. The Morgan fingerprint density at radius 2 is 2.32 bits per heavy atom. The van der Waals surface area contributed by atoms with Crippen molar-refractivity contribution in [1.29, 1.82) is 0 Å². The second-order valence-electron chi connectivity index (χ2n) is 5.15. The molecule has 0 aliphatic carbocycles. The molecule has 0 bridgehead atoms. The molecule has 3 aromatic rings. The Labute approximate surface area is 130 Å². The third-order valence-electron chi connectivity index (χ3n) is 3.75. The maximum Gasteiger partial charge on any atom is 0.289 e. The third kappa shape index (κ3) is 2.33. The van der Waals surface area contributed by atoms with Crippen LogP contribution in [0.25, 0.3) is 10.8 Å². The minimum absolute atomic E-state index is 0.0884. The number of rotatable bonds is 3. The van der Waals surface area contributed by atoms with Crippen LogP contribution in [-0.2, 0) is 0 Å². The molecule has 1 unspecified atom stereocenters. The lowest BCUT2D eigenvalue weighted by atomic mass is 10.1. The summed E-state index contributed by atoms with van der Waals surface area (Å²) in [4.78, 5) is 19.4. The number of nitrogens with zero attached hydrogens (tertiary/aromatic N) is 3. The lowest BCUT2D eigenvalue weighted by molar-refractivity contribution is 0.0759. The first-order valence-electron chi connectivity index (χ1n) is 7.01. The van der Waals surface area contributed by atoms with Gasteiger partial charge in [-0.3, -0.25) is 4.79 Å². The van der Waals surface area contributed by atoms with E-state index in [4.69, 9.17) is 8.94 Å². The molecule has 6 nitrogen and oxygen atoms in total. The Kier molecular flexibility index (Phi) is 3.27. The van der Waals surface area contributed by atoms with Crippen LogP contribution in [0, 0.1) is 0 Å². The molecule has 1 saturated heterocycles. The first-order chi connectivity index (χ1) is 10.8. The molecule has 4 heterocycles. The molecule has 1 aliphatic heterocycles. The van der Waals surface area contributed by atoms with Crippen LogP contribution in [0.15, 0.2) is 44.8 Å². The van der Waals surface area contributed by atoms with Gasteiger partial charge in [0.25, 0.3) is 11.8 Å². The molecule has 0 aromatic carbocycles. The van der Waals surface area contributed by atoms with Gasteiger partial charge in [0.15, 0.2) is 11.6 Å². The summed E-state index contributed by atoms with van der Waals surface area (Å²) in [5, 5.41) is 6.04. The molecule has 1 fully saturated rings. The fraction of sp³-hybridized carbons (Fsp3) is 0.267. The molecule has 0 spiro atoms. The largest absolute Gasteiger partial charge is 0.459 e. The first kappa shape index (κ1) is 13.3. The Hall–Kier alpha value is -2.41. The molecule has 1 atom stereocenters. The van der Waals surface area contributed by atoms with Crippen LogP contribution in [-0.4, -0.2) is 34.0 Å². The fourth-order valence-corrected chi connectivity index (χ4v) is 3.26. The highest BCUT2D eigenvalue weighted by atomic mass is 32.1. The van der Waals surface area contributed by atoms with Gasteiger partial charge in [0.05, 0.1) is 11.1 Å². The van der Waals surface area contributed by atoms with E-state index in [0.717, 1.165) is 11.3 Å². The minimum atomic E-state index is -0.0884. The van der Waals surface area contributed by atoms with E-state index < -0.39 is 0 Å². The highest BCUT2D eigenvalue weighted by molar-refractivity contribution is 7.13. The predicted octanol–water partition coefficient (Wildman–Crippen LogP) is 3.02. The maximum absolute atomic E-state index is 12.2. The average Bonchev–Trinajstić information content (AvgIpc) is 3.35. The van der Waals surface area contributed by atoms with Crippen LogP contribution in [0.1, 0.15) is 28.7 Å². The van der Waals surface area contributed by atoms with Crippen molar-refractivity contribution in [3.05, 3.63) is 47.5 Å². The molecule has 4 rings (SSSR count). The van der Waals surface area contributed by atoms with E-state index in [-0.39, 0.29) is 11.8 Å². The highest BCUT2D eigenvalue weighted by Crippen LogP contribution is 2.29. The lowest BCUT2D eigenvalue weighted by Gasteiger charge is -2.13. The summed E-state index contributed by atoms with van der Waals surface area (Å²) in [5.74, 6) is 1.60. The van der Waals surface area contributed by atoms with Crippen molar-refractivity contribution in [3.63, 3.8) is 0 Å². The summed E-state index contributed by atoms with van der Waals surface area (Å²) >= 11 is 1.56. The molecule has 0 N–H and O–H groups in total. The monoisotopic (exact) mass is 315 g/mol. The molecule has 7 heteroatoms. The first-order valence-corrected chi connectivity index (χ1v) is 7.89. The van der Waals surface area contributed by atoms with Gasteiger partial charge < -0.3 is 13.8 Å². The number of thiophene rings is 1. The van der Waals surface area contributed by atoms with Gasteiger partial charge in [-0.25, -0.2) is 0 Å². The number of amides is 1. The standard InChI is InChI=1S/C15H13N3O3S/c19-15(11-3-1-7-20-11)18-6-5-10(9-18)13-16-14(21-17-13)12-4-2-8-22-12/h1-4,7-8,10H,5-6,9H2. The number of aromatic nitrogens is 2. The van der Waals surface area contributed by atoms with Crippen LogP contribution in [0.5, 0.6) is 0 Å². The van der Waals surface area contributed by atoms with Gasteiger partial charge in [-0.1, -0.05) is 11.2 Å². The fourth-order valence-electron chi connectivity index (χ4n) is 2.61. The van der Waals surface area contributed by atoms with Gasteiger partial charge >= 0.3 is 0 Å². The van der Waals surface area contributed by atoms with E-state index in [0.29, 0.717) is 30.6 Å². The van der Waals surface area contributed by atoms with Crippen molar-refractivity contribution in [1.82, 2.24) is 15.0 Å². The zero-order valence-corrected chi connectivity index (χ0v) is 12.5. The number of hydrogen-bond acceptors (Lipinski definition) is 6. The zero-order valence-electron chi connectivity index (χ0n) is 11.6. The Morgan fingerprint density at radius 3 is 3.09 bits per heavy atom. The van der Waals surface area contributed by atoms with E-state index in [9.17, 15) is 4.79 Å². The molecular formula is C15H13N3O3S. The molecule has 1 aliphatic rings.